The Labute approximate surface area is 147 Å². The van der Waals surface area contributed by atoms with Gasteiger partial charge in [-0.25, -0.2) is 14.4 Å². The smallest absolute Gasteiger partial charge is 0.270 e. The number of hydrogen-bond donors (Lipinski definition) is 1. The second-order valence-corrected chi connectivity index (χ2v) is 6.64. The summed E-state index contributed by atoms with van der Waals surface area (Å²) in [5, 5.41) is 2.83. The van der Waals surface area contributed by atoms with E-state index in [0.29, 0.717) is 18.1 Å². The Morgan fingerprint density at radius 1 is 1.24 bits per heavy atom. The first kappa shape index (κ1) is 17.3. The van der Waals surface area contributed by atoms with Gasteiger partial charge in [0.25, 0.3) is 5.91 Å². The van der Waals surface area contributed by atoms with Crippen molar-refractivity contribution in [3.05, 3.63) is 53.2 Å². The molecule has 3 rings (SSSR count). The minimum Gasteiger partial charge on any atom is -0.356 e. The van der Waals surface area contributed by atoms with Gasteiger partial charge in [-0.05, 0) is 43.4 Å². The number of piperidine rings is 1. The molecule has 1 aromatic carbocycles. The van der Waals surface area contributed by atoms with Gasteiger partial charge in [-0.2, -0.15) is 0 Å². The van der Waals surface area contributed by atoms with Crippen LogP contribution in [-0.2, 0) is 6.54 Å². The van der Waals surface area contributed by atoms with E-state index in [1.807, 2.05) is 0 Å². The number of amides is 1. The first-order chi connectivity index (χ1) is 12.0. The lowest BCUT2D eigenvalue weighted by atomic mass is 9.99. The summed E-state index contributed by atoms with van der Waals surface area (Å²) in [7, 11) is 0. The van der Waals surface area contributed by atoms with Crippen LogP contribution in [0.3, 0.4) is 0 Å². The number of hydrogen-bond acceptors (Lipinski definition) is 4. The van der Waals surface area contributed by atoms with Crippen molar-refractivity contribution in [3.8, 4) is 0 Å². The van der Waals surface area contributed by atoms with E-state index in [9.17, 15) is 9.18 Å². The van der Waals surface area contributed by atoms with Gasteiger partial charge in [0.15, 0.2) is 0 Å². The highest BCUT2D eigenvalue weighted by Gasteiger charge is 2.19. The van der Waals surface area contributed by atoms with E-state index in [2.05, 4.69) is 27.1 Å². The molecule has 0 radical (unpaired) electrons. The highest BCUT2D eigenvalue weighted by Crippen LogP contribution is 2.22. The number of benzene rings is 1. The summed E-state index contributed by atoms with van der Waals surface area (Å²) in [6.45, 7) is 6.30. The molecule has 132 valence electrons. The maximum atomic E-state index is 12.9. The Kier molecular flexibility index (Phi) is 5.26. The fraction of sp³-hybridized carbons (Fsp3) is 0.421. The van der Waals surface area contributed by atoms with Crippen LogP contribution in [0.2, 0.25) is 0 Å². The highest BCUT2D eigenvalue weighted by atomic mass is 19.1. The number of halogens is 1. The number of aromatic nitrogens is 2. The lowest BCUT2D eigenvalue weighted by Gasteiger charge is -2.31. The van der Waals surface area contributed by atoms with Crippen molar-refractivity contribution >= 4 is 11.7 Å². The summed E-state index contributed by atoms with van der Waals surface area (Å²) in [4.78, 5) is 23.4. The molecule has 0 atom stereocenters. The standard InChI is InChI=1S/C19H23FN4O/c1-13-7-9-24(10-8-13)18-11-17(22-14(2)23-18)19(25)21-12-15-3-5-16(20)6-4-15/h3-6,11,13H,7-10,12H2,1-2H3,(H,21,25). The van der Waals surface area contributed by atoms with E-state index >= 15 is 0 Å². The Balaban J connectivity index is 1.68. The van der Waals surface area contributed by atoms with Crippen LogP contribution >= 0.6 is 0 Å². The lowest BCUT2D eigenvalue weighted by Crippen LogP contribution is -2.34. The summed E-state index contributed by atoms with van der Waals surface area (Å²) in [6, 6.07) is 7.82. The molecule has 0 bridgehead atoms. The van der Waals surface area contributed by atoms with Crippen molar-refractivity contribution in [2.75, 3.05) is 18.0 Å². The number of rotatable bonds is 4. The van der Waals surface area contributed by atoms with Crippen molar-refractivity contribution in [1.29, 1.82) is 0 Å². The fourth-order valence-electron chi connectivity index (χ4n) is 2.94. The molecule has 1 saturated heterocycles. The number of aryl methyl sites for hydroxylation is 1. The molecular formula is C19H23FN4O. The molecule has 6 heteroatoms. The van der Waals surface area contributed by atoms with Crippen molar-refractivity contribution < 1.29 is 9.18 Å². The molecule has 0 saturated carbocycles. The van der Waals surface area contributed by atoms with Gasteiger partial charge in [0.05, 0.1) is 0 Å². The number of carbonyl (C=O) groups excluding carboxylic acids is 1. The third kappa shape index (κ3) is 4.53. The summed E-state index contributed by atoms with van der Waals surface area (Å²) in [6.07, 6.45) is 2.27. The second kappa shape index (κ2) is 7.59. The Bertz CT molecular complexity index is 740. The van der Waals surface area contributed by atoms with Crippen LogP contribution < -0.4 is 10.2 Å². The Morgan fingerprint density at radius 2 is 1.92 bits per heavy atom. The summed E-state index contributed by atoms with van der Waals surface area (Å²) in [5.41, 5.74) is 1.20. The number of carbonyl (C=O) groups is 1. The molecule has 1 aromatic heterocycles. The molecule has 0 unspecified atom stereocenters. The molecule has 0 aliphatic carbocycles. The monoisotopic (exact) mass is 342 g/mol. The molecule has 1 amide bonds. The zero-order valence-corrected chi connectivity index (χ0v) is 14.6. The van der Waals surface area contributed by atoms with E-state index in [1.54, 1.807) is 25.1 Å². The van der Waals surface area contributed by atoms with E-state index in [-0.39, 0.29) is 11.7 Å². The second-order valence-electron chi connectivity index (χ2n) is 6.64. The van der Waals surface area contributed by atoms with E-state index in [4.69, 9.17) is 0 Å². The first-order valence-electron chi connectivity index (χ1n) is 8.64. The van der Waals surface area contributed by atoms with Gasteiger partial charge in [-0.15, -0.1) is 0 Å². The number of nitrogens with one attached hydrogen (secondary N) is 1. The molecule has 2 heterocycles. The van der Waals surface area contributed by atoms with Gasteiger partial charge in [0, 0.05) is 25.7 Å². The van der Waals surface area contributed by atoms with E-state index in [1.165, 1.54) is 12.1 Å². The Hall–Kier alpha value is -2.50. The van der Waals surface area contributed by atoms with Crippen LogP contribution in [0.15, 0.2) is 30.3 Å². The average Bonchev–Trinajstić information content (AvgIpc) is 2.61. The normalized spacial score (nSPS) is 15.2. The molecule has 1 aliphatic heterocycles. The van der Waals surface area contributed by atoms with Crippen LogP contribution in [-0.4, -0.2) is 29.0 Å². The molecule has 2 aromatic rings. The van der Waals surface area contributed by atoms with Crippen LogP contribution in [0.25, 0.3) is 0 Å². The van der Waals surface area contributed by atoms with Gasteiger partial charge in [-0.3, -0.25) is 4.79 Å². The minimum atomic E-state index is -0.290. The van der Waals surface area contributed by atoms with Crippen molar-refractivity contribution in [2.45, 2.75) is 33.2 Å². The van der Waals surface area contributed by atoms with E-state index < -0.39 is 0 Å². The highest BCUT2D eigenvalue weighted by molar-refractivity contribution is 5.92. The summed E-state index contributed by atoms with van der Waals surface area (Å²) >= 11 is 0. The van der Waals surface area contributed by atoms with Gasteiger partial charge >= 0.3 is 0 Å². The van der Waals surface area contributed by atoms with Gasteiger partial charge in [-0.1, -0.05) is 19.1 Å². The Morgan fingerprint density at radius 3 is 2.60 bits per heavy atom. The fourth-order valence-corrected chi connectivity index (χ4v) is 2.94. The predicted octanol–water partition coefficient (Wildman–Crippen LogP) is 3.09. The SMILES string of the molecule is Cc1nc(C(=O)NCc2ccc(F)cc2)cc(N2CCC(C)CC2)n1. The molecule has 1 N–H and O–H groups in total. The third-order valence-electron chi connectivity index (χ3n) is 4.53. The predicted molar refractivity (Wildman–Crippen MR) is 95.0 cm³/mol. The number of nitrogens with zero attached hydrogens (tertiary/aromatic N) is 3. The van der Waals surface area contributed by atoms with Crippen molar-refractivity contribution in [1.82, 2.24) is 15.3 Å². The third-order valence-corrected chi connectivity index (χ3v) is 4.53. The van der Waals surface area contributed by atoms with Crippen molar-refractivity contribution in [3.63, 3.8) is 0 Å². The molecule has 5 nitrogen and oxygen atoms in total. The van der Waals surface area contributed by atoms with E-state index in [0.717, 1.165) is 43.2 Å². The molecule has 25 heavy (non-hydrogen) atoms. The molecule has 0 spiro atoms. The maximum Gasteiger partial charge on any atom is 0.270 e. The largest absolute Gasteiger partial charge is 0.356 e. The quantitative estimate of drug-likeness (QED) is 0.928. The average molecular weight is 342 g/mol. The topological polar surface area (TPSA) is 58.1 Å². The zero-order valence-electron chi connectivity index (χ0n) is 14.6. The van der Waals surface area contributed by atoms with Crippen LogP contribution in [0, 0.1) is 18.7 Å². The minimum absolute atomic E-state index is 0.249. The zero-order chi connectivity index (χ0) is 17.8. The summed E-state index contributed by atoms with van der Waals surface area (Å²) in [5.74, 6) is 1.59. The van der Waals surface area contributed by atoms with Crippen LogP contribution in [0.1, 0.15) is 41.6 Å². The van der Waals surface area contributed by atoms with Gasteiger partial charge < -0.3 is 10.2 Å². The molecule has 1 aliphatic rings. The molecule has 1 fully saturated rings. The number of anilines is 1. The van der Waals surface area contributed by atoms with Crippen molar-refractivity contribution in [2.24, 2.45) is 5.92 Å². The van der Waals surface area contributed by atoms with Crippen LogP contribution in [0.5, 0.6) is 0 Å². The van der Waals surface area contributed by atoms with Crippen LogP contribution in [0.4, 0.5) is 10.2 Å². The first-order valence-corrected chi connectivity index (χ1v) is 8.64. The maximum absolute atomic E-state index is 12.9. The molecular weight excluding hydrogens is 319 g/mol. The van der Waals surface area contributed by atoms with Gasteiger partial charge in [0.1, 0.15) is 23.2 Å². The lowest BCUT2D eigenvalue weighted by molar-refractivity contribution is 0.0945. The van der Waals surface area contributed by atoms with Gasteiger partial charge in [0.2, 0.25) is 0 Å². The summed E-state index contributed by atoms with van der Waals surface area (Å²) < 4.78 is 12.9.